The minimum absolute atomic E-state index is 0.0280. The van der Waals surface area contributed by atoms with Crippen LogP contribution in [0.4, 0.5) is 0 Å². The van der Waals surface area contributed by atoms with E-state index in [9.17, 15) is 4.79 Å². The molecule has 1 N–H and O–H groups in total. The molecule has 1 atom stereocenters. The molecule has 0 bridgehead atoms. The van der Waals surface area contributed by atoms with Gasteiger partial charge < -0.3 is 9.80 Å². The van der Waals surface area contributed by atoms with E-state index in [1.54, 1.807) is 6.92 Å². The predicted molar refractivity (Wildman–Crippen MR) is 73.8 cm³/mol. The van der Waals surface area contributed by atoms with Crippen LogP contribution in [-0.2, 0) is 4.79 Å². The zero-order chi connectivity index (χ0) is 13.5. The van der Waals surface area contributed by atoms with Gasteiger partial charge in [0.15, 0.2) is 0 Å². The molecule has 100 valence electrons. The van der Waals surface area contributed by atoms with E-state index < -0.39 is 0 Å². The SMILES string of the molecule is C=C(C)C(=O)NCCC(C)[N+](CC)(CC)CC. The summed E-state index contributed by atoms with van der Waals surface area (Å²) < 4.78 is 1.13. The van der Waals surface area contributed by atoms with Crippen LogP contribution in [0, 0.1) is 0 Å². The van der Waals surface area contributed by atoms with E-state index in [1.807, 2.05) is 0 Å². The maximum atomic E-state index is 11.4. The van der Waals surface area contributed by atoms with Gasteiger partial charge in [0.05, 0.1) is 25.7 Å². The van der Waals surface area contributed by atoms with Gasteiger partial charge in [-0.15, -0.1) is 0 Å². The van der Waals surface area contributed by atoms with Crippen LogP contribution in [0.2, 0.25) is 0 Å². The zero-order valence-corrected chi connectivity index (χ0v) is 12.2. The minimum Gasteiger partial charge on any atom is -0.352 e. The van der Waals surface area contributed by atoms with Gasteiger partial charge in [-0.05, 0) is 34.6 Å². The highest BCUT2D eigenvalue weighted by Gasteiger charge is 2.27. The highest BCUT2D eigenvalue weighted by atomic mass is 16.1. The van der Waals surface area contributed by atoms with Crippen molar-refractivity contribution < 1.29 is 9.28 Å². The van der Waals surface area contributed by atoms with Crippen LogP contribution in [0.25, 0.3) is 0 Å². The van der Waals surface area contributed by atoms with Gasteiger partial charge in [-0.1, -0.05) is 6.58 Å². The smallest absolute Gasteiger partial charge is 0.246 e. The molecule has 0 heterocycles. The van der Waals surface area contributed by atoms with Crippen LogP contribution < -0.4 is 5.32 Å². The van der Waals surface area contributed by atoms with Gasteiger partial charge in [0.25, 0.3) is 0 Å². The Balaban J connectivity index is 4.20. The molecule has 0 aliphatic rings. The third-order valence-corrected chi connectivity index (χ3v) is 4.06. The second-order valence-electron chi connectivity index (χ2n) is 4.84. The summed E-state index contributed by atoms with van der Waals surface area (Å²) in [7, 11) is 0. The van der Waals surface area contributed by atoms with Crippen molar-refractivity contribution in [1.82, 2.24) is 5.32 Å². The summed E-state index contributed by atoms with van der Waals surface area (Å²) in [6.45, 7) is 18.6. The number of nitrogens with one attached hydrogen (secondary N) is 1. The van der Waals surface area contributed by atoms with Gasteiger partial charge in [0.2, 0.25) is 5.91 Å². The first-order chi connectivity index (χ1) is 7.93. The molecule has 3 nitrogen and oxygen atoms in total. The van der Waals surface area contributed by atoms with E-state index in [1.165, 1.54) is 0 Å². The lowest BCUT2D eigenvalue weighted by molar-refractivity contribution is -0.945. The monoisotopic (exact) mass is 241 g/mol. The molecule has 0 aliphatic heterocycles. The summed E-state index contributed by atoms with van der Waals surface area (Å²) in [5.74, 6) is -0.0280. The molecule has 3 heteroatoms. The summed E-state index contributed by atoms with van der Waals surface area (Å²) in [5, 5.41) is 2.91. The second-order valence-corrected chi connectivity index (χ2v) is 4.84. The second kappa shape index (κ2) is 7.49. The van der Waals surface area contributed by atoms with Gasteiger partial charge in [-0.2, -0.15) is 0 Å². The van der Waals surface area contributed by atoms with Gasteiger partial charge in [-0.3, -0.25) is 4.79 Å². The number of carbonyl (C=O) groups excluding carboxylic acids is 1. The molecule has 0 saturated heterocycles. The molecule has 0 aromatic rings. The Bertz CT molecular complexity index is 249. The van der Waals surface area contributed by atoms with Gasteiger partial charge >= 0.3 is 0 Å². The number of amides is 1. The first-order valence-electron chi connectivity index (χ1n) is 6.73. The van der Waals surface area contributed by atoms with Crippen molar-refractivity contribution in [1.29, 1.82) is 0 Å². The Morgan fingerprint density at radius 2 is 1.71 bits per heavy atom. The number of hydrogen-bond acceptors (Lipinski definition) is 1. The Kier molecular flexibility index (Phi) is 7.12. The maximum Gasteiger partial charge on any atom is 0.246 e. The predicted octanol–water partition coefficient (Wildman–Crippen LogP) is 2.33. The first-order valence-corrected chi connectivity index (χ1v) is 6.73. The highest BCUT2D eigenvalue weighted by molar-refractivity contribution is 5.91. The van der Waals surface area contributed by atoms with Crippen molar-refractivity contribution in [2.75, 3.05) is 26.2 Å². The van der Waals surface area contributed by atoms with Crippen LogP contribution in [0.5, 0.6) is 0 Å². The minimum atomic E-state index is -0.0280. The molecular weight excluding hydrogens is 212 g/mol. The summed E-state index contributed by atoms with van der Waals surface area (Å²) in [6, 6.07) is 0.584. The van der Waals surface area contributed by atoms with Crippen molar-refractivity contribution >= 4 is 5.91 Å². The lowest BCUT2D eigenvalue weighted by atomic mass is 10.1. The van der Waals surface area contributed by atoms with Gasteiger partial charge in [0.1, 0.15) is 0 Å². The number of carbonyl (C=O) groups is 1. The number of quaternary nitrogens is 1. The fourth-order valence-electron chi connectivity index (χ4n) is 2.43. The van der Waals surface area contributed by atoms with Crippen LogP contribution in [0.15, 0.2) is 12.2 Å². The lowest BCUT2D eigenvalue weighted by Gasteiger charge is -2.41. The average Bonchev–Trinajstić information content (AvgIpc) is 2.31. The molecule has 17 heavy (non-hydrogen) atoms. The van der Waals surface area contributed by atoms with Crippen molar-refractivity contribution in [3.63, 3.8) is 0 Å². The van der Waals surface area contributed by atoms with Crippen LogP contribution >= 0.6 is 0 Å². The van der Waals surface area contributed by atoms with Crippen molar-refractivity contribution in [2.24, 2.45) is 0 Å². The van der Waals surface area contributed by atoms with Gasteiger partial charge in [0, 0.05) is 18.5 Å². The standard InChI is InChI=1S/C14H28N2O/c1-7-16(8-2,9-3)13(6)10-11-15-14(17)12(4)5/h13H,4,7-11H2,1-3,5-6H3/p+1. The van der Waals surface area contributed by atoms with E-state index in [2.05, 4.69) is 39.6 Å². The maximum absolute atomic E-state index is 11.4. The molecule has 0 aromatic carbocycles. The summed E-state index contributed by atoms with van der Waals surface area (Å²) in [5.41, 5.74) is 0.583. The van der Waals surface area contributed by atoms with Gasteiger partial charge in [-0.25, -0.2) is 0 Å². The van der Waals surface area contributed by atoms with E-state index >= 15 is 0 Å². The van der Waals surface area contributed by atoms with Crippen LogP contribution in [0.1, 0.15) is 41.0 Å². The average molecular weight is 241 g/mol. The fourth-order valence-corrected chi connectivity index (χ4v) is 2.43. The van der Waals surface area contributed by atoms with Crippen LogP contribution in [0.3, 0.4) is 0 Å². The molecular formula is C14H29N2O+. The third-order valence-electron chi connectivity index (χ3n) is 4.06. The normalized spacial score (nSPS) is 13.2. The Morgan fingerprint density at radius 3 is 2.06 bits per heavy atom. The lowest BCUT2D eigenvalue weighted by Crippen LogP contribution is -2.54. The number of rotatable bonds is 8. The van der Waals surface area contributed by atoms with E-state index in [0.717, 1.165) is 37.1 Å². The molecule has 1 amide bonds. The molecule has 0 saturated carbocycles. The molecule has 0 aliphatic carbocycles. The highest BCUT2D eigenvalue weighted by Crippen LogP contribution is 2.15. The molecule has 0 fully saturated rings. The topological polar surface area (TPSA) is 29.1 Å². The first kappa shape index (κ1) is 16.2. The van der Waals surface area contributed by atoms with E-state index in [0.29, 0.717) is 11.6 Å². The van der Waals surface area contributed by atoms with E-state index in [-0.39, 0.29) is 5.91 Å². The third kappa shape index (κ3) is 4.50. The number of hydrogen-bond donors (Lipinski definition) is 1. The molecule has 0 aromatic heterocycles. The molecule has 1 unspecified atom stereocenters. The summed E-state index contributed by atoms with van der Waals surface area (Å²) >= 11 is 0. The van der Waals surface area contributed by atoms with Crippen molar-refractivity contribution in [3.05, 3.63) is 12.2 Å². The van der Waals surface area contributed by atoms with Crippen molar-refractivity contribution in [2.45, 2.75) is 47.1 Å². The Morgan fingerprint density at radius 1 is 1.24 bits per heavy atom. The summed E-state index contributed by atoms with van der Waals surface area (Å²) in [4.78, 5) is 11.4. The zero-order valence-electron chi connectivity index (χ0n) is 12.2. The number of nitrogens with zero attached hydrogens (tertiary/aromatic N) is 1. The van der Waals surface area contributed by atoms with Crippen LogP contribution in [-0.4, -0.2) is 42.6 Å². The largest absolute Gasteiger partial charge is 0.352 e. The quantitative estimate of drug-likeness (QED) is 0.513. The van der Waals surface area contributed by atoms with Crippen molar-refractivity contribution in [3.8, 4) is 0 Å². The molecule has 0 radical (unpaired) electrons. The molecule has 0 rings (SSSR count). The Labute approximate surface area is 106 Å². The molecule has 0 spiro atoms. The fraction of sp³-hybridized carbons (Fsp3) is 0.786. The Hall–Kier alpha value is -0.830. The summed E-state index contributed by atoms with van der Waals surface area (Å²) in [6.07, 6.45) is 1.02. The van der Waals surface area contributed by atoms with E-state index in [4.69, 9.17) is 0 Å².